The lowest BCUT2D eigenvalue weighted by Gasteiger charge is -2.24. The van der Waals surface area contributed by atoms with Gasteiger partial charge in [0.2, 0.25) is 0 Å². The lowest BCUT2D eigenvalue weighted by molar-refractivity contribution is 0.0978. The Morgan fingerprint density at radius 3 is 2.57 bits per heavy atom. The summed E-state index contributed by atoms with van der Waals surface area (Å²) in [6, 6.07) is 5.61. The van der Waals surface area contributed by atoms with Gasteiger partial charge in [-0.25, -0.2) is 4.98 Å². The number of halogens is 1. The van der Waals surface area contributed by atoms with E-state index in [1.807, 2.05) is 32.2 Å². The van der Waals surface area contributed by atoms with Gasteiger partial charge < -0.3 is 4.90 Å². The molecule has 0 bridgehead atoms. The van der Waals surface area contributed by atoms with Crippen LogP contribution in [0.3, 0.4) is 0 Å². The van der Waals surface area contributed by atoms with Crippen molar-refractivity contribution in [1.82, 2.24) is 19.7 Å². The molecule has 2 heterocycles. The molecule has 0 fully saturated rings. The van der Waals surface area contributed by atoms with Crippen molar-refractivity contribution in [2.24, 2.45) is 0 Å². The van der Waals surface area contributed by atoms with Crippen LogP contribution in [0.5, 0.6) is 0 Å². The minimum absolute atomic E-state index is 0.123. The highest BCUT2D eigenvalue weighted by Gasteiger charge is 2.24. The maximum Gasteiger partial charge on any atom is 0.280 e. The average molecular weight is 420 g/mol. The normalized spacial score (nSPS) is 11.5. The highest BCUT2D eigenvalue weighted by Crippen LogP contribution is 2.34. The van der Waals surface area contributed by atoms with E-state index in [1.165, 1.54) is 11.3 Å². The molecule has 8 heteroatoms. The monoisotopic (exact) mass is 419 g/mol. The van der Waals surface area contributed by atoms with Crippen molar-refractivity contribution < 1.29 is 4.79 Å². The van der Waals surface area contributed by atoms with Crippen molar-refractivity contribution in [3.05, 3.63) is 40.7 Å². The largest absolute Gasteiger partial charge is 0.302 e. The van der Waals surface area contributed by atoms with Crippen LogP contribution in [0, 0.1) is 6.92 Å². The van der Waals surface area contributed by atoms with Crippen LogP contribution < -0.4 is 4.90 Å². The van der Waals surface area contributed by atoms with Crippen LogP contribution in [0.2, 0.25) is 5.02 Å². The molecule has 150 valence electrons. The second-order valence-electron chi connectivity index (χ2n) is 6.56. The van der Waals surface area contributed by atoms with Gasteiger partial charge in [-0.15, -0.1) is 0 Å². The van der Waals surface area contributed by atoms with Crippen LogP contribution in [0.1, 0.15) is 36.8 Å². The van der Waals surface area contributed by atoms with E-state index in [4.69, 9.17) is 16.6 Å². The Bertz CT molecular complexity index is 963. The Morgan fingerprint density at radius 2 is 1.93 bits per heavy atom. The third-order valence-electron chi connectivity index (χ3n) is 4.93. The maximum atomic E-state index is 13.3. The number of aromatic nitrogens is 3. The number of fused-ring (bicyclic) bond motifs is 1. The summed E-state index contributed by atoms with van der Waals surface area (Å²) in [5.74, 6) is -0.123. The zero-order valence-corrected chi connectivity index (χ0v) is 18.3. The van der Waals surface area contributed by atoms with Gasteiger partial charge in [-0.3, -0.25) is 14.4 Å². The number of thiazole rings is 1. The zero-order valence-electron chi connectivity index (χ0n) is 16.8. The average Bonchev–Trinajstić information content (AvgIpc) is 3.35. The summed E-state index contributed by atoms with van der Waals surface area (Å²) in [5, 5.41) is 5.77. The first-order valence-corrected chi connectivity index (χ1v) is 10.8. The molecule has 2 aromatic heterocycles. The van der Waals surface area contributed by atoms with Crippen LogP contribution in [-0.2, 0) is 6.54 Å². The van der Waals surface area contributed by atoms with Crippen molar-refractivity contribution >= 4 is 44.2 Å². The Morgan fingerprint density at radius 1 is 1.18 bits per heavy atom. The fraction of sp³-hybridized carbons (Fsp3) is 0.450. The number of likely N-dealkylation sites (N-methyl/N-ethyl adjacent to an activating group) is 1. The lowest BCUT2D eigenvalue weighted by Crippen LogP contribution is -2.39. The zero-order chi connectivity index (χ0) is 20.3. The Kier molecular flexibility index (Phi) is 6.69. The Hall–Kier alpha value is -1.96. The van der Waals surface area contributed by atoms with Gasteiger partial charge in [0.1, 0.15) is 0 Å². The highest BCUT2D eigenvalue weighted by molar-refractivity contribution is 7.22. The fourth-order valence-electron chi connectivity index (χ4n) is 3.06. The molecule has 0 radical (unpaired) electrons. The lowest BCUT2D eigenvalue weighted by atomic mass is 10.2. The Balaban J connectivity index is 1.97. The SMILES string of the molecule is CCN(CC)CCN(C(=O)c1ccn(CC)n1)c1nc2c(C)c(Cl)ccc2s1. The topological polar surface area (TPSA) is 54.3 Å². The first kappa shape index (κ1) is 20.8. The van der Waals surface area contributed by atoms with Gasteiger partial charge in [-0.05, 0) is 50.7 Å². The molecular weight excluding hydrogens is 394 g/mol. The molecule has 0 unspecified atom stereocenters. The van der Waals surface area contributed by atoms with E-state index in [9.17, 15) is 4.79 Å². The molecule has 0 aliphatic rings. The van der Waals surface area contributed by atoms with Gasteiger partial charge in [0.15, 0.2) is 10.8 Å². The number of anilines is 1. The van der Waals surface area contributed by atoms with Gasteiger partial charge in [0, 0.05) is 30.9 Å². The molecule has 0 spiro atoms. The predicted molar refractivity (Wildman–Crippen MR) is 117 cm³/mol. The smallest absolute Gasteiger partial charge is 0.280 e. The number of benzene rings is 1. The van der Waals surface area contributed by atoms with Crippen molar-refractivity contribution in [3.63, 3.8) is 0 Å². The number of aryl methyl sites for hydroxylation is 2. The number of rotatable bonds is 8. The van der Waals surface area contributed by atoms with Gasteiger partial charge in [0.05, 0.1) is 10.2 Å². The van der Waals surface area contributed by atoms with Crippen LogP contribution in [-0.4, -0.2) is 51.8 Å². The maximum absolute atomic E-state index is 13.3. The van der Waals surface area contributed by atoms with Crippen LogP contribution in [0.25, 0.3) is 10.2 Å². The summed E-state index contributed by atoms with van der Waals surface area (Å²) in [6.45, 7) is 12.2. The summed E-state index contributed by atoms with van der Waals surface area (Å²) < 4.78 is 2.79. The molecule has 0 aliphatic carbocycles. The van der Waals surface area contributed by atoms with Crippen molar-refractivity contribution in [1.29, 1.82) is 0 Å². The van der Waals surface area contributed by atoms with E-state index >= 15 is 0 Å². The first-order chi connectivity index (χ1) is 13.5. The molecule has 1 amide bonds. The summed E-state index contributed by atoms with van der Waals surface area (Å²) in [5.41, 5.74) is 2.23. The molecule has 0 aliphatic heterocycles. The minimum atomic E-state index is -0.123. The third kappa shape index (κ3) is 4.21. The third-order valence-corrected chi connectivity index (χ3v) is 6.38. The van der Waals surface area contributed by atoms with Gasteiger partial charge in [-0.1, -0.05) is 36.8 Å². The Labute approximate surface area is 174 Å². The van der Waals surface area contributed by atoms with Crippen LogP contribution in [0.15, 0.2) is 24.4 Å². The van der Waals surface area contributed by atoms with Gasteiger partial charge in [-0.2, -0.15) is 5.10 Å². The number of amides is 1. The van der Waals surface area contributed by atoms with E-state index in [1.54, 1.807) is 15.6 Å². The number of nitrogens with zero attached hydrogens (tertiary/aromatic N) is 5. The molecule has 6 nitrogen and oxygen atoms in total. The standard InChI is InChI=1S/C20H26ClN5OS/c1-5-24(6-2)12-13-26(19(27)16-10-11-25(7-3)23-16)20-22-18-14(4)15(21)8-9-17(18)28-20/h8-11H,5-7,12-13H2,1-4H3. The summed E-state index contributed by atoms with van der Waals surface area (Å²) in [7, 11) is 0. The van der Waals surface area contributed by atoms with Crippen molar-refractivity contribution in [2.45, 2.75) is 34.2 Å². The summed E-state index contributed by atoms with van der Waals surface area (Å²) in [6.07, 6.45) is 1.83. The molecule has 3 rings (SSSR count). The molecular formula is C20H26ClN5OS. The first-order valence-electron chi connectivity index (χ1n) is 9.61. The van der Waals surface area contributed by atoms with Gasteiger partial charge >= 0.3 is 0 Å². The van der Waals surface area contributed by atoms with E-state index < -0.39 is 0 Å². The van der Waals surface area contributed by atoms with Crippen LogP contribution >= 0.6 is 22.9 Å². The van der Waals surface area contributed by atoms with Gasteiger partial charge in [0.25, 0.3) is 5.91 Å². The van der Waals surface area contributed by atoms with Crippen molar-refractivity contribution in [2.75, 3.05) is 31.1 Å². The van der Waals surface area contributed by atoms with Crippen LogP contribution in [0.4, 0.5) is 5.13 Å². The predicted octanol–water partition coefficient (Wildman–Crippen LogP) is 4.46. The minimum Gasteiger partial charge on any atom is -0.302 e. The number of hydrogen-bond donors (Lipinski definition) is 0. The highest BCUT2D eigenvalue weighted by atomic mass is 35.5. The summed E-state index contributed by atoms with van der Waals surface area (Å²) >= 11 is 7.77. The second-order valence-corrected chi connectivity index (χ2v) is 7.97. The van der Waals surface area contributed by atoms with E-state index in [0.29, 0.717) is 22.4 Å². The molecule has 0 saturated heterocycles. The number of hydrogen-bond acceptors (Lipinski definition) is 5. The van der Waals surface area contributed by atoms with Crippen molar-refractivity contribution in [3.8, 4) is 0 Å². The number of carbonyl (C=O) groups excluding carboxylic acids is 1. The molecule has 0 N–H and O–H groups in total. The van der Waals surface area contributed by atoms with E-state index in [-0.39, 0.29) is 5.91 Å². The fourth-order valence-corrected chi connectivity index (χ4v) is 4.26. The summed E-state index contributed by atoms with van der Waals surface area (Å²) in [4.78, 5) is 22.1. The molecule has 3 aromatic rings. The van der Waals surface area contributed by atoms with E-state index in [2.05, 4.69) is 23.8 Å². The molecule has 1 aromatic carbocycles. The molecule has 0 atom stereocenters. The molecule has 0 saturated carbocycles. The van der Waals surface area contributed by atoms with E-state index in [0.717, 1.165) is 42.0 Å². The quantitative estimate of drug-likeness (QED) is 0.540. The molecule has 28 heavy (non-hydrogen) atoms. The second kappa shape index (κ2) is 9.03. The number of carbonyl (C=O) groups is 1.